The molecule has 0 aliphatic carbocycles. The normalized spacial score (nSPS) is 10.3. The number of hydrogen-bond donors (Lipinski definition) is 2. The van der Waals surface area contributed by atoms with Crippen molar-refractivity contribution in [1.82, 2.24) is 15.7 Å². The number of hydrogen-bond acceptors (Lipinski definition) is 6. The van der Waals surface area contributed by atoms with Gasteiger partial charge in [-0.05, 0) is 18.2 Å². The van der Waals surface area contributed by atoms with Crippen LogP contribution in [-0.4, -0.2) is 34.5 Å². The number of carbonyl (C=O) groups excluding carboxylic acids is 2. The van der Waals surface area contributed by atoms with Crippen LogP contribution in [0.3, 0.4) is 0 Å². The fraction of sp³-hybridized carbons (Fsp3) is 0.0667. The molecule has 1 aromatic carbocycles. The van der Waals surface area contributed by atoms with Crippen molar-refractivity contribution in [3.05, 3.63) is 70.0 Å². The Morgan fingerprint density at radius 1 is 1.25 bits per heavy atom. The van der Waals surface area contributed by atoms with Crippen LogP contribution in [-0.2, 0) is 4.79 Å². The van der Waals surface area contributed by atoms with Crippen molar-refractivity contribution in [2.24, 2.45) is 5.10 Å². The van der Waals surface area contributed by atoms with Gasteiger partial charge in [-0.2, -0.15) is 5.10 Å². The van der Waals surface area contributed by atoms with Crippen molar-refractivity contribution in [2.75, 3.05) is 6.54 Å². The van der Waals surface area contributed by atoms with Crippen LogP contribution in [0.25, 0.3) is 0 Å². The van der Waals surface area contributed by atoms with Crippen LogP contribution in [0.4, 0.5) is 5.69 Å². The number of nitrogens with one attached hydrogen (secondary N) is 2. The van der Waals surface area contributed by atoms with Gasteiger partial charge >= 0.3 is 0 Å². The van der Waals surface area contributed by atoms with Crippen LogP contribution >= 0.6 is 0 Å². The number of rotatable bonds is 6. The number of amides is 2. The SMILES string of the molecule is O=C(CNC(=O)c1cccnc1)N/N=C\c1ccccc1[N+](=O)[O-]. The first-order chi connectivity index (χ1) is 11.6. The van der Waals surface area contributed by atoms with E-state index in [1.54, 1.807) is 18.2 Å². The highest BCUT2D eigenvalue weighted by molar-refractivity contribution is 5.96. The lowest BCUT2D eigenvalue weighted by molar-refractivity contribution is -0.385. The van der Waals surface area contributed by atoms with Gasteiger partial charge in [0, 0.05) is 18.5 Å². The largest absolute Gasteiger partial charge is 0.343 e. The first-order valence-corrected chi connectivity index (χ1v) is 6.81. The topological polar surface area (TPSA) is 127 Å². The standard InChI is InChI=1S/C15H13N5O4/c21-14(10-17-15(22)12-5-3-7-16-8-12)19-18-9-11-4-1-2-6-13(11)20(23)24/h1-9H,10H2,(H,17,22)(H,19,21)/b18-9-. The van der Waals surface area contributed by atoms with Crippen LogP contribution in [0, 0.1) is 10.1 Å². The van der Waals surface area contributed by atoms with Crippen molar-refractivity contribution in [3.8, 4) is 0 Å². The minimum atomic E-state index is -0.568. The Labute approximate surface area is 136 Å². The molecule has 2 amide bonds. The molecule has 0 aliphatic rings. The summed E-state index contributed by atoms with van der Waals surface area (Å²) in [5.41, 5.74) is 2.64. The summed E-state index contributed by atoms with van der Waals surface area (Å²) in [5, 5.41) is 16.9. The van der Waals surface area contributed by atoms with E-state index in [1.807, 2.05) is 0 Å². The van der Waals surface area contributed by atoms with Gasteiger partial charge in [-0.1, -0.05) is 12.1 Å². The summed E-state index contributed by atoms with van der Waals surface area (Å²) in [4.78, 5) is 37.4. The van der Waals surface area contributed by atoms with Gasteiger partial charge in [0.25, 0.3) is 17.5 Å². The summed E-state index contributed by atoms with van der Waals surface area (Å²) in [6, 6.07) is 9.14. The number of aromatic nitrogens is 1. The van der Waals surface area contributed by atoms with Crippen LogP contribution in [0.2, 0.25) is 0 Å². The number of hydrazone groups is 1. The number of benzene rings is 1. The predicted octanol–water partition coefficient (Wildman–Crippen LogP) is 0.870. The average Bonchev–Trinajstić information content (AvgIpc) is 2.60. The van der Waals surface area contributed by atoms with Crippen molar-refractivity contribution in [1.29, 1.82) is 0 Å². The lowest BCUT2D eigenvalue weighted by Gasteiger charge is -2.03. The Hall–Kier alpha value is -3.62. The minimum absolute atomic E-state index is 0.125. The van der Waals surface area contributed by atoms with Crippen LogP contribution < -0.4 is 10.7 Å². The molecule has 9 heteroatoms. The fourth-order valence-electron chi connectivity index (χ4n) is 1.74. The van der Waals surface area contributed by atoms with E-state index in [0.29, 0.717) is 5.56 Å². The highest BCUT2D eigenvalue weighted by Gasteiger charge is 2.10. The maximum Gasteiger partial charge on any atom is 0.278 e. The molecule has 0 aliphatic heterocycles. The number of para-hydroxylation sites is 1. The zero-order valence-corrected chi connectivity index (χ0v) is 12.4. The molecule has 9 nitrogen and oxygen atoms in total. The van der Waals surface area contributed by atoms with E-state index in [-0.39, 0.29) is 17.8 Å². The van der Waals surface area contributed by atoms with Gasteiger partial charge < -0.3 is 5.32 Å². The molecular weight excluding hydrogens is 314 g/mol. The average molecular weight is 327 g/mol. The number of pyridine rings is 1. The van der Waals surface area contributed by atoms with Crippen molar-refractivity contribution < 1.29 is 14.5 Å². The van der Waals surface area contributed by atoms with Gasteiger partial charge in [-0.15, -0.1) is 0 Å². The van der Waals surface area contributed by atoms with Gasteiger partial charge in [0.2, 0.25) is 0 Å². The Bertz CT molecular complexity index is 776. The van der Waals surface area contributed by atoms with Crippen LogP contribution in [0.5, 0.6) is 0 Å². The van der Waals surface area contributed by atoms with E-state index >= 15 is 0 Å². The third-order valence-electron chi connectivity index (χ3n) is 2.86. The molecule has 1 aromatic heterocycles. The highest BCUT2D eigenvalue weighted by Crippen LogP contribution is 2.14. The van der Waals surface area contributed by atoms with E-state index in [1.165, 1.54) is 36.8 Å². The van der Waals surface area contributed by atoms with Gasteiger partial charge in [-0.25, -0.2) is 5.43 Å². The fourth-order valence-corrected chi connectivity index (χ4v) is 1.74. The predicted molar refractivity (Wildman–Crippen MR) is 85.4 cm³/mol. The number of carbonyl (C=O) groups is 2. The number of nitro benzene ring substituents is 1. The monoisotopic (exact) mass is 327 g/mol. The first kappa shape index (κ1) is 16.7. The number of nitro groups is 1. The molecule has 0 fully saturated rings. The second-order valence-corrected chi connectivity index (χ2v) is 4.53. The Morgan fingerprint density at radius 2 is 2.04 bits per heavy atom. The maximum absolute atomic E-state index is 11.7. The lowest BCUT2D eigenvalue weighted by atomic mass is 10.2. The molecule has 2 rings (SSSR count). The van der Waals surface area contributed by atoms with Crippen molar-refractivity contribution in [2.45, 2.75) is 0 Å². The number of nitrogens with zero attached hydrogens (tertiary/aromatic N) is 3. The van der Waals surface area contributed by atoms with E-state index in [4.69, 9.17) is 0 Å². The van der Waals surface area contributed by atoms with E-state index in [9.17, 15) is 19.7 Å². The van der Waals surface area contributed by atoms with Gasteiger partial charge in [-0.3, -0.25) is 24.7 Å². The second kappa shape index (κ2) is 8.13. The van der Waals surface area contributed by atoms with E-state index < -0.39 is 16.7 Å². The summed E-state index contributed by atoms with van der Waals surface area (Å²) in [5.74, 6) is -1.01. The molecule has 1 heterocycles. The summed E-state index contributed by atoms with van der Waals surface area (Å²) in [6.45, 7) is -0.290. The Balaban J connectivity index is 1.85. The lowest BCUT2D eigenvalue weighted by Crippen LogP contribution is -2.34. The van der Waals surface area contributed by atoms with E-state index in [0.717, 1.165) is 0 Å². The first-order valence-electron chi connectivity index (χ1n) is 6.81. The Morgan fingerprint density at radius 3 is 2.75 bits per heavy atom. The summed E-state index contributed by atoms with van der Waals surface area (Å²) in [6.07, 6.45) is 4.07. The molecule has 0 bridgehead atoms. The molecule has 2 aromatic rings. The summed E-state index contributed by atoms with van der Waals surface area (Å²) < 4.78 is 0. The molecular formula is C15H13N5O4. The molecule has 0 saturated carbocycles. The van der Waals surface area contributed by atoms with Gasteiger partial charge in [0.15, 0.2) is 0 Å². The summed E-state index contributed by atoms with van der Waals surface area (Å²) >= 11 is 0. The quantitative estimate of drug-likeness (QED) is 0.462. The molecule has 24 heavy (non-hydrogen) atoms. The van der Waals surface area contributed by atoms with Crippen molar-refractivity contribution >= 4 is 23.7 Å². The van der Waals surface area contributed by atoms with Crippen LogP contribution in [0.15, 0.2) is 53.9 Å². The molecule has 0 unspecified atom stereocenters. The van der Waals surface area contributed by atoms with Gasteiger partial charge in [0.1, 0.15) is 0 Å². The van der Waals surface area contributed by atoms with E-state index in [2.05, 4.69) is 20.8 Å². The van der Waals surface area contributed by atoms with Crippen molar-refractivity contribution in [3.63, 3.8) is 0 Å². The zero-order valence-electron chi connectivity index (χ0n) is 12.4. The zero-order chi connectivity index (χ0) is 17.4. The smallest absolute Gasteiger partial charge is 0.278 e. The second-order valence-electron chi connectivity index (χ2n) is 4.53. The molecule has 122 valence electrons. The van der Waals surface area contributed by atoms with Crippen LogP contribution in [0.1, 0.15) is 15.9 Å². The maximum atomic E-state index is 11.7. The Kier molecular flexibility index (Phi) is 5.67. The third-order valence-corrected chi connectivity index (χ3v) is 2.86. The summed E-state index contributed by atoms with van der Waals surface area (Å²) in [7, 11) is 0. The minimum Gasteiger partial charge on any atom is -0.343 e. The molecule has 2 N–H and O–H groups in total. The molecule has 0 saturated heterocycles. The molecule has 0 spiro atoms. The third kappa shape index (κ3) is 4.70. The van der Waals surface area contributed by atoms with Gasteiger partial charge in [0.05, 0.1) is 28.8 Å². The molecule has 0 atom stereocenters. The molecule has 0 radical (unpaired) electrons. The highest BCUT2D eigenvalue weighted by atomic mass is 16.6.